The average molecular weight is 288 g/mol. The molecule has 4 nitrogen and oxygen atoms in total. The normalized spacial score (nSPS) is 28.0. The molecule has 1 aliphatic carbocycles. The number of amides is 1. The smallest absolute Gasteiger partial charge is 0.232 e. The van der Waals surface area contributed by atoms with Gasteiger partial charge in [-0.15, -0.1) is 0 Å². The molecule has 1 aromatic rings. The predicted molar refractivity (Wildman–Crippen MR) is 83.5 cm³/mol. The molecular formula is C17H24N2O2. The van der Waals surface area contributed by atoms with Gasteiger partial charge in [-0.3, -0.25) is 4.79 Å². The lowest BCUT2D eigenvalue weighted by molar-refractivity contribution is -0.128. The van der Waals surface area contributed by atoms with Gasteiger partial charge >= 0.3 is 0 Å². The number of rotatable bonds is 4. The maximum atomic E-state index is 12.8. The first-order chi connectivity index (χ1) is 10.2. The quantitative estimate of drug-likeness (QED) is 0.895. The molecule has 0 bridgehead atoms. The first-order valence-electron chi connectivity index (χ1n) is 7.99. The topological polar surface area (TPSA) is 50.4 Å². The number of nitrogens with one attached hydrogen (secondary N) is 2. The Hall–Kier alpha value is -1.55. The molecule has 4 heteroatoms. The van der Waals surface area contributed by atoms with Crippen molar-refractivity contribution in [2.75, 3.05) is 25.0 Å². The van der Waals surface area contributed by atoms with Crippen molar-refractivity contribution < 1.29 is 9.53 Å². The highest BCUT2D eigenvalue weighted by Gasteiger charge is 2.49. The Morgan fingerprint density at radius 2 is 2.19 bits per heavy atom. The number of carbonyl (C=O) groups is 1. The molecule has 2 fully saturated rings. The number of anilines is 1. The van der Waals surface area contributed by atoms with Crippen molar-refractivity contribution in [2.45, 2.75) is 32.6 Å². The minimum Gasteiger partial charge on any atom is -0.494 e. The molecular weight excluding hydrogens is 264 g/mol. The van der Waals surface area contributed by atoms with E-state index in [-0.39, 0.29) is 11.3 Å². The minimum atomic E-state index is -0.198. The van der Waals surface area contributed by atoms with Gasteiger partial charge in [0.1, 0.15) is 5.75 Å². The highest BCUT2D eigenvalue weighted by molar-refractivity contribution is 5.96. The molecule has 1 aliphatic heterocycles. The average Bonchev–Trinajstić information content (AvgIpc) is 2.95. The molecule has 1 aromatic carbocycles. The summed E-state index contributed by atoms with van der Waals surface area (Å²) >= 11 is 0. The lowest BCUT2D eigenvalue weighted by Gasteiger charge is -2.37. The SMILES string of the molecule is CCOc1ccc(NC(=O)[C@@]23CCCC[C@H]2CNC3)cc1. The van der Waals surface area contributed by atoms with Crippen LogP contribution in [0.5, 0.6) is 5.75 Å². The van der Waals surface area contributed by atoms with Gasteiger partial charge in [-0.1, -0.05) is 12.8 Å². The zero-order valence-corrected chi connectivity index (χ0v) is 12.7. The summed E-state index contributed by atoms with van der Waals surface area (Å²) in [5.41, 5.74) is 0.658. The van der Waals surface area contributed by atoms with Crippen LogP contribution in [-0.4, -0.2) is 25.6 Å². The summed E-state index contributed by atoms with van der Waals surface area (Å²) in [4.78, 5) is 12.8. The fourth-order valence-electron chi connectivity index (χ4n) is 3.75. The second-order valence-corrected chi connectivity index (χ2v) is 6.14. The Kier molecular flexibility index (Phi) is 4.15. The third-order valence-electron chi connectivity index (χ3n) is 4.91. The molecule has 3 rings (SSSR count). The van der Waals surface area contributed by atoms with Crippen molar-refractivity contribution in [2.24, 2.45) is 11.3 Å². The number of ether oxygens (including phenoxy) is 1. The predicted octanol–water partition coefficient (Wildman–Crippen LogP) is 2.80. The van der Waals surface area contributed by atoms with Gasteiger partial charge in [0.25, 0.3) is 0 Å². The third kappa shape index (κ3) is 2.77. The van der Waals surface area contributed by atoms with Gasteiger partial charge in [-0.2, -0.15) is 0 Å². The molecule has 0 radical (unpaired) electrons. The number of carbonyl (C=O) groups excluding carboxylic acids is 1. The number of benzene rings is 1. The first-order valence-corrected chi connectivity index (χ1v) is 7.99. The van der Waals surface area contributed by atoms with Crippen LogP contribution in [0.1, 0.15) is 32.6 Å². The molecule has 0 spiro atoms. The van der Waals surface area contributed by atoms with Crippen molar-refractivity contribution in [3.63, 3.8) is 0 Å². The van der Waals surface area contributed by atoms with Crippen LogP contribution >= 0.6 is 0 Å². The standard InChI is InChI=1S/C17H24N2O2/c1-2-21-15-8-6-14(7-9-15)19-16(20)17-10-4-3-5-13(17)11-18-12-17/h6-9,13,18H,2-5,10-12H2,1H3,(H,19,20)/t13-,17+/m0/s1. The van der Waals surface area contributed by atoms with Crippen molar-refractivity contribution in [3.8, 4) is 5.75 Å². The van der Waals surface area contributed by atoms with Gasteiger partial charge in [0, 0.05) is 12.2 Å². The van der Waals surface area contributed by atoms with E-state index >= 15 is 0 Å². The highest BCUT2D eigenvalue weighted by Crippen LogP contribution is 2.44. The van der Waals surface area contributed by atoms with Gasteiger partial charge in [0.15, 0.2) is 0 Å². The number of hydrogen-bond donors (Lipinski definition) is 2. The van der Waals surface area contributed by atoms with Crippen molar-refractivity contribution in [3.05, 3.63) is 24.3 Å². The Morgan fingerprint density at radius 1 is 1.38 bits per heavy atom. The third-order valence-corrected chi connectivity index (χ3v) is 4.91. The van der Waals surface area contributed by atoms with Gasteiger partial charge in [-0.05, 0) is 56.5 Å². The molecule has 2 N–H and O–H groups in total. The van der Waals surface area contributed by atoms with Crippen LogP contribution < -0.4 is 15.4 Å². The summed E-state index contributed by atoms with van der Waals surface area (Å²) in [6.07, 6.45) is 4.59. The zero-order chi connectivity index (χ0) is 14.7. The molecule has 1 saturated carbocycles. The second-order valence-electron chi connectivity index (χ2n) is 6.14. The van der Waals surface area contributed by atoms with E-state index in [2.05, 4.69) is 10.6 Å². The van der Waals surface area contributed by atoms with Crippen LogP contribution in [0, 0.1) is 11.3 Å². The molecule has 114 valence electrons. The molecule has 0 unspecified atom stereocenters. The van der Waals surface area contributed by atoms with Gasteiger partial charge in [0.2, 0.25) is 5.91 Å². The summed E-state index contributed by atoms with van der Waals surface area (Å²) in [6, 6.07) is 7.64. The van der Waals surface area contributed by atoms with E-state index in [0.29, 0.717) is 12.5 Å². The fourth-order valence-corrected chi connectivity index (χ4v) is 3.75. The lowest BCUT2D eigenvalue weighted by atomic mass is 9.67. The number of fused-ring (bicyclic) bond motifs is 1. The Bertz CT molecular complexity index is 500. The summed E-state index contributed by atoms with van der Waals surface area (Å²) in [6.45, 7) is 4.42. The monoisotopic (exact) mass is 288 g/mol. The van der Waals surface area contributed by atoms with Crippen LogP contribution in [0.25, 0.3) is 0 Å². The summed E-state index contributed by atoms with van der Waals surface area (Å²) in [5.74, 6) is 1.52. The van der Waals surface area contributed by atoms with Gasteiger partial charge in [0.05, 0.1) is 12.0 Å². The fraction of sp³-hybridized carbons (Fsp3) is 0.588. The largest absolute Gasteiger partial charge is 0.494 e. The van der Waals surface area contributed by atoms with E-state index in [1.54, 1.807) is 0 Å². The maximum Gasteiger partial charge on any atom is 0.232 e. The summed E-state index contributed by atoms with van der Waals surface area (Å²) < 4.78 is 5.43. The molecule has 1 heterocycles. The molecule has 0 aromatic heterocycles. The zero-order valence-electron chi connectivity index (χ0n) is 12.7. The maximum absolute atomic E-state index is 12.8. The molecule has 21 heavy (non-hydrogen) atoms. The van der Waals surface area contributed by atoms with Crippen LogP contribution in [0.2, 0.25) is 0 Å². The van der Waals surface area contributed by atoms with E-state index < -0.39 is 0 Å². The van der Waals surface area contributed by atoms with E-state index in [0.717, 1.165) is 37.4 Å². The van der Waals surface area contributed by atoms with E-state index in [9.17, 15) is 4.79 Å². The van der Waals surface area contributed by atoms with E-state index in [4.69, 9.17) is 4.74 Å². The second kappa shape index (κ2) is 6.06. The Balaban J connectivity index is 1.70. The van der Waals surface area contributed by atoms with Crippen LogP contribution in [0.3, 0.4) is 0 Å². The van der Waals surface area contributed by atoms with Crippen molar-refractivity contribution >= 4 is 11.6 Å². The minimum absolute atomic E-state index is 0.182. The summed E-state index contributed by atoms with van der Waals surface area (Å²) in [5, 5.41) is 6.53. The van der Waals surface area contributed by atoms with E-state index in [1.165, 1.54) is 12.8 Å². The van der Waals surface area contributed by atoms with Gasteiger partial charge < -0.3 is 15.4 Å². The molecule has 2 aliphatic rings. The van der Waals surface area contributed by atoms with Crippen molar-refractivity contribution in [1.82, 2.24) is 5.32 Å². The summed E-state index contributed by atoms with van der Waals surface area (Å²) in [7, 11) is 0. The van der Waals surface area contributed by atoms with E-state index in [1.807, 2.05) is 31.2 Å². The molecule has 2 atom stereocenters. The first kappa shape index (κ1) is 14.4. The van der Waals surface area contributed by atoms with Gasteiger partial charge in [-0.25, -0.2) is 0 Å². The Morgan fingerprint density at radius 3 is 2.95 bits per heavy atom. The molecule has 1 amide bonds. The van der Waals surface area contributed by atoms with Crippen LogP contribution in [0.4, 0.5) is 5.69 Å². The Labute approximate surface area is 126 Å². The van der Waals surface area contributed by atoms with Crippen LogP contribution in [-0.2, 0) is 4.79 Å². The highest BCUT2D eigenvalue weighted by atomic mass is 16.5. The van der Waals surface area contributed by atoms with Crippen molar-refractivity contribution in [1.29, 1.82) is 0 Å². The molecule has 1 saturated heterocycles. The number of hydrogen-bond acceptors (Lipinski definition) is 3. The van der Waals surface area contributed by atoms with Crippen LogP contribution in [0.15, 0.2) is 24.3 Å². The lowest BCUT2D eigenvalue weighted by Crippen LogP contribution is -2.44.